The molecule has 0 saturated heterocycles. The molecule has 0 aromatic rings. The fourth-order valence-electron chi connectivity index (χ4n) is 2.08. The number of hydrogen-bond donors (Lipinski definition) is 1. The van der Waals surface area contributed by atoms with E-state index in [-0.39, 0.29) is 48.4 Å². The van der Waals surface area contributed by atoms with Gasteiger partial charge in [0, 0.05) is 29.7 Å². The summed E-state index contributed by atoms with van der Waals surface area (Å²) in [6.45, 7) is 2.40. The molecule has 0 spiro atoms. The molecule has 4 nitrogen and oxygen atoms in total. The summed E-state index contributed by atoms with van der Waals surface area (Å²) < 4.78 is 27.5. The molecule has 0 fully saturated rings. The number of aliphatic hydroxyl groups excluding tert-OH is 1. The van der Waals surface area contributed by atoms with E-state index in [0.717, 1.165) is 19.3 Å². The minimum atomic E-state index is -3.41. The molecule has 0 bridgehead atoms. The van der Waals surface area contributed by atoms with Gasteiger partial charge in [0.25, 0.3) is 10.1 Å². The Morgan fingerprint density at radius 3 is 1.76 bits per heavy atom. The van der Waals surface area contributed by atoms with Gasteiger partial charge in [-0.05, 0) is 12.8 Å². The topological polar surface area (TPSA) is 63.6 Å². The van der Waals surface area contributed by atoms with E-state index in [4.69, 9.17) is 9.29 Å². The Hall–Kier alpha value is 0.636. The maximum absolute atomic E-state index is 11.3. The average molecular weight is 333 g/mol. The summed E-state index contributed by atoms with van der Waals surface area (Å²) in [6.07, 6.45) is 12.4. The van der Waals surface area contributed by atoms with Crippen LogP contribution in [-0.2, 0) is 14.3 Å². The van der Waals surface area contributed by atoms with Crippen LogP contribution in [0.1, 0.15) is 77.6 Å². The second-order valence-electron chi connectivity index (χ2n) is 5.34. The molecule has 0 unspecified atom stereocenters. The molecule has 0 aliphatic rings. The molecule has 21 heavy (non-hydrogen) atoms. The molecule has 0 amide bonds. The molecule has 0 aromatic carbocycles. The smallest absolute Gasteiger partial charge is 0.267 e. The van der Waals surface area contributed by atoms with Crippen LogP contribution in [0.3, 0.4) is 0 Å². The molecule has 0 atom stereocenters. The summed E-state index contributed by atoms with van der Waals surface area (Å²) in [4.78, 5) is 0. The van der Waals surface area contributed by atoms with Crippen LogP contribution in [0.2, 0.25) is 0 Å². The fourth-order valence-corrected chi connectivity index (χ4v) is 3.05. The van der Waals surface area contributed by atoms with Crippen LogP contribution in [0.5, 0.6) is 0 Å². The lowest BCUT2D eigenvalue weighted by Gasteiger charge is -2.05. The first-order valence-corrected chi connectivity index (χ1v) is 9.68. The Kier molecular flexibility index (Phi) is 19.3. The molecule has 124 valence electrons. The second-order valence-corrected chi connectivity index (χ2v) is 7.10. The van der Waals surface area contributed by atoms with Crippen molar-refractivity contribution in [3.63, 3.8) is 0 Å². The van der Waals surface area contributed by atoms with Gasteiger partial charge in [0.05, 0.1) is 12.4 Å². The molecule has 6 heteroatoms. The lowest BCUT2D eigenvalue weighted by atomic mass is 10.1. The maximum atomic E-state index is 11.3. The zero-order valence-corrected chi connectivity index (χ0v) is 15.9. The van der Waals surface area contributed by atoms with Crippen molar-refractivity contribution in [1.82, 2.24) is 0 Å². The van der Waals surface area contributed by atoms with Crippen molar-refractivity contribution in [2.24, 2.45) is 0 Å². The van der Waals surface area contributed by atoms with E-state index in [2.05, 4.69) is 6.92 Å². The van der Waals surface area contributed by atoms with Crippen molar-refractivity contribution >= 4 is 33.2 Å². The molecule has 0 aliphatic carbocycles. The first-order chi connectivity index (χ1) is 9.62. The Morgan fingerprint density at radius 2 is 1.29 bits per heavy atom. The van der Waals surface area contributed by atoms with Crippen LogP contribution < -0.4 is 0 Å². The first-order valence-electron chi connectivity index (χ1n) is 8.10. The Morgan fingerprint density at radius 1 is 0.810 bits per heavy atom. The molecule has 0 aliphatic heterocycles. The van der Waals surface area contributed by atoms with E-state index in [1.165, 1.54) is 44.9 Å². The lowest BCUT2D eigenvalue weighted by Crippen LogP contribution is -2.12. The molecule has 2 radical (unpaired) electrons. The standard InChI is InChI=1S/C15H32O4S.Mg/c1-2-3-4-5-6-7-8-9-10-11-14-19-20(17,18)15-12-13-16;/h16H,2-15H2,1H3;. The summed E-state index contributed by atoms with van der Waals surface area (Å²) >= 11 is 0. The Balaban J connectivity index is 0. The van der Waals surface area contributed by atoms with E-state index in [1.807, 2.05) is 0 Å². The normalized spacial score (nSPS) is 11.3. The monoisotopic (exact) mass is 332 g/mol. The summed E-state index contributed by atoms with van der Waals surface area (Å²) in [5.41, 5.74) is 0. The third-order valence-electron chi connectivity index (χ3n) is 3.31. The van der Waals surface area contributed by atoms with E-state index in [1.54, 1.807) is 0 Å². The van der Waals surface area contributed by atoms with Crippen molar-refractivity contribution in [3.05, 3.63) is 0 Å². The van der Waals surface area contributed by atoms with Crippen LogP contribution in [0, 0.1) is 0 Å². The SMILES string of the molecule is CCCCCCCCCCCCOS(=O)(=O)CCCO.[Mg]. The van der Waals surface area contributed by atoms with Gasteiger partial charge in [-0.1, -0.05) is 64.7 Å². The van der Waals surface area contributed by atoms with Crippen molar-refractivity contribution in [3.8, 4) is 0 Å². The number of rotatable bonds is 15. The molecule has 0 heterocycles. The zero-order valence-electron chi connectivity index (χ0n) is 13.7. The van der Waals surface area contributed by atoms with Gasteiger partial charge in [-0.2, -0.15) is 8.42 Å². The summed E-state index contributed by atoms with van der Waals surface area (Å²) in [5, 5.41) is 8.57. The fraction of sp³-hybridized carbons (Fsp3) is 1.00. The minimum Gasteiger partial charge on any atom is -0.396 e. The molecule has 1 N–H and O–H groups in total. The highest BCUT2D eigenvalue weighted by Gasteiger charge is 2.09. The highest BCUT2D eigenvalue weighted by atomic mass is 32.2. The van der Waals surface area contributed by atoms with Crippen LogP contribution in [-0.4, -0.2) is 55.5 Å². The van der Waals surface area contributed by atoms with Gasteiger partial charge in [-0.3, -0.25) is 4.18 Å². The van der Waals surface area contributed by atoms with Gasteiger partial charge < -0.3 is 5.11 Å². The Bertz CT molecular complexity index is 294. The van der Waals surface area contributed by atoms with Gasteiger partial charge in [0.15, 0.2) is 0 Å². The van der Waals surface area contributed by atoms with Gasteiger partial charge in [-0.15, -0.1) is 0 Å². The first kappa shape index (κ1) is 23.9. The largest absolute Gasteiger partial charge is 0.396 e. The minimum absolute atomic E-state index is 0. The van der Waals surface area contributed by atoms with E-state index in [0.29, 0.717) is 0 Å². The summed E-state index contributed by atoms with van der Waals surface area (Å²) in [6, 6.07) is 0. The van der Waals surface area contributed by atoms with Crippen LogP contribution in [0.15, 0.2) is 0 Å². The summed E-state index contributed by atoms with van der Waals surface area (Å²) in [5.74, 6) is -0.0821. The predicted octanol–water partition coefficient (Wildman–Crippen LogP) is 3.26. The number of hydrogen-bond acceptors (Lipinski definition) is 4. The number of unbranched alkanes of at least 4 members (excludes halogenated alkanes) is 9. The molecular weight excluding hydrogens is 301 g/mol. The summed E-state index contributed by atoms with van der Waals surface area (Å²) in [7, 11) is -3.41. The van der Waals surface area contributed by atoms with E-state index in [9.17, 15) is 8.42 Å². The molecule has 0 rings (SSSR count). The van der Waals surface area contributed by atoms with Gasteiger partial charge in [0.2, 0.25) is 0 Å². The van der Waals surface area contributed by atoms with Crippen LogP contribution in [0.25, 0.3) is 0 Å². The molecular formula is C15H32MgO4S. The maximum Gasteiger partial charge on any atom is 0.267 e. The number of aliphatic hydroxyl groups is 1. The quantitative estimate of drug-likeness (QED) is 0.284. The second kappa shape index (κ2) is 17.0. The van der Waals surface area contributed by atoms with E-state index >= 15 is 0 Å². The Labute approximate surface area is 147 Å². The van der Waals surface area contributed by atoms with Crippen LogP contribution in [0.4, 0.5) is 0 Å². The lowest BCUT2D eigenvalue weighted by molar-refractivity contribution is 0.283. The van der Waals surface area contributed by atoms with Crippen molar-refractivity contribution < 1.29 is 17.7 Å². The highest BCUT2D eigenvalue weighted by molar-refractivity contribution is 7.86. The van der Waals surface area contributed by atoms with Gasteiger partial charge in [-0.25, -0.2) is 0 Å². The molecule has 0 saturated carbocycles. The zero-order chi connectivity index (χ0) is 15.1. The van der Waals surface area contributed by atoms with Crippen molar-refractivity contribution in [2.75, 3.05) is 19.0 Å². The molecule has 0 aromatic heterocycles. The van der Waals surface area contributed by atoms with Gasteiger partial charge in [0.1, 0.15) is 0 Å². The highest BCUT2D eigenvalue weighted by Crippen LogP contribution is 2.10. The van der Waals surface area contributed by atoms with E-state index < -0.39 is 10.1 Å². The van der Waals surface area contributed by atoms with Gasteiger partial charge >= 0.3 is 0 Å². The van der Waals surface area contributed by atoms with Crippen molar-refractivity contribution in [2.45, 2.75) is 77.6 Å². The predicted molar refractivity (Wildman–Crippen MR) is 89.0 cm³/mol. The van der Waals surface area contributed by atoms with Crippen LogP contribution >= 0.6 is 0 Å². The third kappa shape index (κ3) is 18.6. The van der Waals surface area contributed by atoms with Crippen molar-refractivity contribution in [1.29, 1.82) is 0 Å². The average Bonchev–Trinajstić information content (AvgIpc) is 2.42. The third-order valence-corrected chi connectivity index (χ3v) is 4.63.